The molecule has 3 atom stereocenters. The predicted molar refractivity (Wildman–Crippen MR) is 130 cm³/mol. The van der Waals surface area contributed by atoms with Crippen LogP contribution in [0.2, 0.25) is 5.02 Å². The van der Waals surface area contributed by atoms with Crippen molar-refractivity contribution >= 4 is 33.3 Å². The quantitative estimate of drug-likeness (QED) is 0.576. The van der Waals surface area contributed by atoms with Crippen LogP contribution in [-0.4, -0.2) is 72.0 Å². The van der Waals surface area contributed by atoms with Gasteiger partial charge in [-0.2, -0.15) is 5.26 Å². The van der Waals surface area contributed by atoms with Gasteiger partial charge in [0.05, 0.1) is 33.3 Å². The second-order valence-electron chi connectivity index (χ2n) is 10.3. The average Bonchev–Trinajstić information content (AvgIpc) is 3.43. The number of nitriles is 1. The van der Waals surface area contributed by atoms with Crippen molar-refractivity contribution in [1.29, 1.82) is 5.26 Å². The van der Waals surface area contributed by atoms with Crippen LogP contribution in [0, 0.1) is 11.3 Å². The van der Waals surface area contributed by atoms with Crippen molar-refractivity contribution in [3.8, 4) is 6.07 Å². The number of hydrogen-bond acceptors (Lipinski definition) is 7. The van der Waals surface area contributed by atoms with E-state index in [1.807, 2.05) is 0 Å². The topological polar surface area (TPSA) is 111 Å². The minimum atomic E-state index is -3.76. The molecule has 1 aromatic rings. The Labute approximate surface area is 211 Å². The van der Waals surface area contributed by atoms with Crippen molar-refractivity contribution in [2.24, 2.45) is 0 Å². The molecule has 2 saturated carbocycles. The van der Waals surface area contributed by atoms with Crippen molar-refractivity contribution in [1.82, 2.24) is 15.1 Å². The predicted octanol–water partition coefficient (Wildman–Crippen LogP) is 2.66. The van der Waals surface area contributed by atoms with E-state index in [1.165, 1.54) is 23.5 Å². The number of sulfone groups is 1. The Morgan fingerprint density at radius 3 is 2.43 bits per heavy atom. The maximum Gasteiger partial charge on any atom is 0.247 e. The first kappa shape index (κ1) is 24.7. The fraction of sp³-hybridized carbons (Fsp3) is 0.640. The van der Waals surface area contributed by atoms with Gasteiger partial charge in [-0.25, -0.2) is 8.42 Å². The van der Waals surface area contributed by atoms with Crippen LogP contribution in [0.4, 0.5) is 0 Å². The number of rotatable bonds is 6. The molecule has 35 heavy (non-hydrogen) atoms. The molecule has 2 amide bonds. The second kappa shape index (κ2) is 9.47. The number of likely N-dealkylation sites (tertiary alicyclic amines) is 1. The molecule has 8 nitrogen and oxygen atoms in total. The summed E-state index contributed by atoms with van der Waals surface area (Å²) in [7, 11) is -3.76. The van der Waals surface area contributed by atoms with E-state index in [1.54, 1.807) is 12.1 Å². The summed E-state index contributed by atoms with van der Waals surface area (Å²) in [5.41, 5.74) is -1.11. The van der Waals surface area contributed by atoms with Gasteiger partial charge in [-0.3, -0.25) is 19.4 Å². The molecule has 188 valence electrons. The molecule has 2 heterocycles. The summed E-state index contributed by atoms with van der Waals surface area (Å²) in [6.07, 6.45) is 7.30. The van der Waals surface area contributed by atoms with Crippen molar-refractivity contribution in [3.63, 3.8) is 0 Å². The van der Waals surface area contributed by atoms with Gasteiger partial charge >= 0.3 is 0 Å². The molecule has 0 bridgehead atoms. The Morgan fingerprint density at radius 1 is 1.11 bits per heavy atom. The number of amides is 2. The van der Waals surface area contributed by atoms with E-state index in [0.29, 0.717) is 25.3 Å². The van der Waals surface area contributed by atoms with Crippen LogP contribution in [0.5, 0.6) is 0 Å². The Hall–Kier alpha value is -1.99. The summed E-state index contributed by atoms with van der Waals surface area (Å²) in [4.78, 5) is 30.8. The summed E-state index contributed by atoms with van der Waals surface area (Å²) in [5.74, 6) is -0.786. The summed E-state index contributed by atoms with van der Waals surface area (Å²) in [6, 6.07) is 7.63. The van der Waals surface area contributed by atoms with Gasteiger partial charge in [0, 0.05) is 19.1 Å². The number of imide groups is 1. The van der Waals surface area contributed by atoms with Crippen LogP contribution in [0.3, 0.4) is 0 Å². The molecule has 1 aromatic carbocycles. The molecule has 2 aliphatic carbocycles. The van der Waals surface area contributed by atoms with Crippen LogP contribution in [0.25, 0.3) is 0 Å². The lowest BCUT2D eigenvalue weighted by molar-refractivity contribution is -0.156. The molecule has 5 rings (SSSR count). The summed E-state index contributed by atoms with van der Waals surface area (Å²) < 4.78 is 26.4. The number of benzene rings is 1. The number of carbonyl (C=O) groups is 2. The Morgan fingerprint density at radius 2 is 1.83 bits per heavy atom. The maximum atomic E-state index is 13.7. The molecular formula is C25H31ClN4O4S. The van der Waals surface area contributed by atoms with Crippen LogP contribution in [-0.2, 0) is 19.4 Å². The normalized spacial score (nSPS) is 28.6. The van der Waals surface area contributed by atoms with Crippen LogP contribution >= 0.6 is 11.6 Å². The average molecular weight is 519 g/mol. The van der Waals surface area contributed by atoms with Crippen molar-refractivity contribution in [2.75, 3.05) is 13.1 Å². The van der Waals surface area contributed by atoms with E-state index >= 15 is 0 Å². The highest BCUT2D eigenvalue weighted by Crippen LogP contribution is 2.44. The lowest BCUT2D eigenvalue weighted by Crippen LogP contribution is -2.64. The monoisotopic (exact) mass is 518 g/mol. The highest BCUT2D eigenvalue weighted by Gasteiger charge is 2.58. The van der Waals surface area contributed by atoms with Crippen LogP contribution < -0.4 is 5.32 Å². The minimum Gasteiger partial charge on any atom is -0.304 e. The first-order valence-electron chi connectivity index (χ1n) is 12.6. The Bertz CT molecular complexity index is 1160. The highest BCUT2D eigenvalue weighted by molar-refractivity contribution is 7.92. The first-order chi connectivity index (χ1) is 16.8. The SMILES string of the molecule is N#CC1(N(C(=O)C2CCN2C2CCCCC2)C(=O)[C@@H]2C[C@@H](S(=O)(=O)c3ccccc3Cl)CN2)CC1. The van der Waals surface area contributed by atoms with Gasteiger partial charge in [0.2, 0.25) is 11.8 Å². The molecule has 0 spiro atoms. The zero-order chi connectivity index (χ0) is 24.8. The van der Waals surface area contributed by atoms with Crippen molar-refractivity contribution < 1.29 is 18.0 Å². The first-order valence-corrected chi connectivity index (χ1v) is 14.5. The van der Waals surface area contributed by atoms with Crippen molar-refractivity contribution in [2.45, 2.75) is 91.6 Å². The van der Waals surface area contributed by atoms with E-state index in [4.69, 9.17) is 11.6 Å². The standard InChI is InChI=1S/C25H31ClN4O4S/c26-19-8-4-5-9-22(19)35(33,34)18-14-20(28-15-18)23(31)30(25(16-27)11-12-25)24(32)21-10-13-29(21)17-6-2-1-3-7-17/h4-5,8-9,17-18,20-21,28H,1-3,6-7,10-15H2/t18-,20+,21?/m1/s1. The molecule has 2 saturated heterocycles. The number of carbonyl (C=O) groups excluding carboxylic acids is 2. The number of nitrogens with zero attached hydrogens (tertiary/aromatic N) is 3. The van der Waals surface area contributed by atoms with Gasteiger partial charge in [0.25, 0.3) is 0 Å². The molecular weight excluding hydrogens is 488 g/mol. The third kappa shape index (κ3) is 4.39. The third-order valence-corrected chi connectivity index (χ3v) is 10.8. The molecule has 0 radical (unpaired) electrons. The van der Waals surface area contributed by atoms with Gasteiger partial charge in [0.1, 0.15) is 5.54 Å². The Balaban J connectivity index is 1.34. The molecule has 1 unspecified atom stereocenters. The molecule has 1 N–H and O–H groups in total. The summed E-state index contributed by atoms with van der Waals surface area (Å²) >= 11 is 6.14. The van der Waals surface area contributed by atoms with Gasteiger partial charge in [-0.15, -0.1) is 0 Å². The lowest BCUT2D eigenvalue weighted by Gasteiger charge is -2.48. The molecule has 10 heteroatoms. The van der Waals surface area contributed by atoms with Gasteiger partial charge < -0.3 is 5.32 Å². The second-order valence-corrected chi connectivity index (χ2v) is 12.9. The van der Waals surface area contributed by atoms with E-state index in [2.05, 4.69) is 16.3 Å². The third-order valence-electron chi connectivity index (χ3n) is 8.16. The number of halogens is 1. The van der Waals surface area contributed by atoms with Crippen molar-refractivity contribution in [3.05, 3.63) is 29.3 Å². The Kier molecular flexibility index (Phi) is 6.68. The molecule has 4 aliphatic rings. The van der Waals surface area contributed by atoms with Gasteiger partial charge in [-0.1, -0.05) is 43.0 Å². The van der Waals surface area contributed by atoms with Gasteiger partial charge in [0.15, 0.2) is 9.84 Å². The van der Waals surface area contributed by atoms with Gasteiger partial charge in [-0.05, 0) is 50.7 Å². The highest BCUT2D eigenvalue weighted by atomic mass is 35.5. The summed E-state index contributed by atoms with van der Waals surface area (Å²) in [6.45, 7) is 0.922. The van der Waals surface area contributed by atoms with Crippen LogP contribution in [0.1, 0.15) is 57.8 Å². The van der Waals surface area contributed by atoms with Crippen LogP contribution in [0.15, 0.2) is 29.2 Å². The maximum absolute atomic E-state index is 13.7. The van der Waals surface area contributed by atoms with E-state index < -0.39 is 32.6 Å². The lowest BCUT2D eigenvalue weighted by atomic mass is 9.88. The zero-order valence-corrected chi connectivity index (χ0v) is 21.2. The molecule has 4 fully saturated rings. The molecule has 0 aromatic heterocycles. The number of hydrogen-bond donors (Lipinski definition) is 1. The minimum absolute atomic E-state index is 0.0364. The van der Waals surface area contributed by atoms with E-state index in [-0.39, 0.29) is 34.8 Å². The number of nitrogens with one attached hydrogen (secondary N) is 1. The smallest absolute Gasteiger partial charge is 0.247 e. The van der Waals surface area contributed by atoms with E-state index in [9.17, 15) is 23.3 Å². The summed E-state index contributed by atoms with van der Waals surface area (Å²) in [5, 5.41) is 12.2. The van der Waals surface area contributed by atoms with E-state index in [0.717, 1.165) is 32.2 Å². The largest absolute Gasteiger partial charge is 0.304 e. The zero-order valence-electron chi connectivity index (χ0n) is 19.7. The fourth-order valence-corrected chi connectivity index (χ4v) is 8.03. The fourth-order valence-electron chi connectivity index (χ4n) is 5.84. The molecule has 2 aliphatic heterocycles.